The standard InChI is InChI=1S/C48H54N6/c1-29-13-21-42(31(3)23-29)46-51-45(52-47(53-46)43-22-14-30(2)24-32(43)4)39-25-38(26-40(28-39)48(9,10)11)16-15-33(5)54(12)41-19-17-37(18-20-41)27-44-34(6)49-36(8)50-35(44)7/h13-14,17,19-28,37,49-50H,5-8,15-16,18H2,1-4,9-12H3. The van der Waals surface area contributed by atoms with Gasteiger partial charge in [0.25, 0.3) is 0 Å². The maximum absolute atomic E-state index is 5.15. The highest BCUT2D eigenvalue weighted by molar-refractivity contribution is 5.70. The van der Waals surface area contributed by atoms with Crippen LogP contribution in [0.5, 0.6) is 0 Å². The molecule has 1 aliphatic heterocycles. The van der Waals surface area contributed by atoms with Gasteiger partial charge in [-0.15, -0.1) is 0 Å². The Bertz CT molecular complexity index is 2180. The summed E-state index contributed by atoms with van der Waals surface area (Å²) in [7, 11) is 2.10. The maximum atomic E-state index is 5.15. The van der Waals surface area contributed by atoms with Gasteiger partial charge in [0.15, 0.2) is 17.5 Å². The van der Waals surface area contributed by atoms with Crippen molar-refractivity contribution < 1.29 is 0 Å². The zero-order chi connectivity index (χ0) is 38.9. The smallest absolute Gasteiger partial charge is 0.164 e. The lowest BCUT2D eigenvalue weighted by Crippen LogP contribution is -2.32. The van der Waals surface area contributed by atoms with Crippen molar-refractivity contribution in [1.29, 1.82) is 0 Å². The summed E-state index contributed by atoms with van der Waals surface area (Å²) >= 11 is 0. The first-order valence-electron chi connectivity index (χ1n) is 18.7. The van der Waals surface area contributed by atoms with E-state index >= 15 is 0 Å². The van der Waals surface area contributed by atoms with E-state index in [0.29, 0.717) is 23.3 Å². The molecule has 6 rings (SSSR count). The van der Waals surface area contributed by atoms with Crippen LogP contribution in [-0.4, -0.2) is 26.9 Å². The molecule has 6 nitrogen and oxygen atoms in total. The Balaban J connectivity index is 1.27. The lowest BCUT2D eigenvalue weighted by Gasteiger charge is -2.28. The van der Waals surface area contributed by atoms with E-state index < -0.39 is 0 Å². The van der Waals surface area contributed by atoms with Crippen LogP contribution < -0.4 is 10.6 Å². The van der Waals surface area contributed by atoms with Gasteiger partial charge >= 0.3 is 0 Å². The van der Waals surface area contributed by atoms with E-state index in [4.69, 9.17) is 15.0 Å². The van der Waals surface area contributed by atoms with Crippen LogP contribution in [0.3, 0.4) is 0 Å². The van der Waals surface area contributed by atoms with Crippen molar-refractivity contribution in [3.8, 4) is 34.2 Å². The molecule has 6 heteroatoms. The molecule has 2 N–H and O–H groups in total. The second-order valence-electron chi connectivity index (χ2n) is 15.9. The molecule has 1 atom stereocenters. The minimum atomic E-state index is -0.0711. The summed E-state index contributed by atoms with van der Waals surface area (Å²) in [5.41, 5.74) is 14.9. The van der Waals surface area contributed by atoms with Crippen LogP contribution in [0.1, 0.15) is 67.0 Å². The van der Waals surface area contributed by atoms with E-state index in [1.807, 2.05) is 0 Å². The second-order valence-corrected chi connectivity index (χ2v) is 15.9. The van der Waals surface area contributed by atoms with Crippen LogP contribution in [0, 0.1) is 33.6 Å². The summed E-state index contributed by atoms with van der Waals surface area (Å²) in [5.74, 6) is 2.99. The van der Waals surface area contributed by atoms with Gasteiger partial charge in [-0.3, -0.25) is 0 Å². The first-order chi connectivity index (χ1) is 25.5. The van der Waals surface area contributed by atoms with Gasteiger partial charge in [-0.05, 0) is 98.8 Å². The molecule has 0 saturated carbocycles. The Kier molecular flexibility index (Phi) is 10.8. The average molecular weight is 715 g/mol. The number of benzene rings is 3. The molecule has 0 spiro atoms. The molecule has 276 valence electrons. The van der Waals surface area contributed by atoms with Gasteiger partial charge in [0.1, 0.15) is 5.82 Å². The van der Waals surface area contributed by atoms with Crippen molar-refractivity contribution in [2.24, 2.45) is 5.92 Å². The zero-order valence-corrected chi connectivity index (χ0v) is 33.3. The van der Waals surface area contributed by atoms with Crippen LogP contribution in [0.15, 0.2) is 139 Å². The van der Waals surface area contributed by atoms with E-state index in [9.17, 15) is 0 Å². The maximum Gasteiger partial charge on any atom is 0.164 e. The quantitative estimate of drug-likeness (QED) is 0.180. The minimum absolute atomic E-state index is 0.0711. The lowest BCUT2D eigenvalue weighted by molar-refractivity contribution is 0.503. The number of rotatable bonds is 9. The highest BCUT2D eigenvalue weighted by atomic mass is 15.1. The van der Waals surface area contributed by atoms with Gasteiger partial charge in [0, 0.05) is 52.1 Å². The monoisotopic (exact) mass is 714 g/mol. The third-order valence-electron chi connectivity index (χ3n) is 10.3. The molecule has 0 bridgehead atoms. The molecule has 1 saturated heterocycles. The van der Waals surface area contributed by atoms with Crippen molar-refractivity contribution in [3.05, 3.63) is 173 Å². The first kappa shape index (κ1) is 38.0. The SMILES string of the molecule is C=C1NC(=C)C(=CC2C=CC(N(C)C(=C)CCc3cc(-c4nc(-c5ccc(C)cc5C)nc(-c5ccc(C)cc5C)n4)cc(C(C)(C)C)c3)=CC2)C(=C)N1. The van der Waals surface area contributed by atoms with Crippen molar-refractivity contribution in [2.75, 3.05) is 7.05 Å². The number of hydrogen-bond donors (Lipinski definition) is 2. The Hall–Kier alpha value is -5.75. The Morgan fingerprint density at radius 1 is 0.815 bits per heavy atom. The second kappa shape index (κ2) is 15.3. The molecule has 2 aliphatic rings. The summed E-state index contributed by atoms with van der Waals surface area (Å²) in [5, 5.41) is 6.34. The Labute approximate surface area is 322 Å². The molecule has 1 fully saturated rings. The number of aromatic nitrogens is 3. The fraction of sp³-hybridized carbons (Fsp3) is 0.271. The van der Waals surface area contributed by atoms with E-state index in [2.05, 4.69) is 176 Å². The summed E-state index contributed by atoms with van der Waals surface area (Å²) in [6.45, 7) is 32.0. The number of allylic oxidation sites excluding steroid dienone is 5. The number of nitrogens with one attached hydrogen (secondary N) is 2. The van der Waals surface area contributed by atoms with E-state index in [0.717, 1.165) is 75.4 Å². The summed E-state index contributed by atoms with van der Waals surface area (Å²) in [4.78, 5) is 17.6. The summed E-state index contributed by atoms with van der Waals surface area (Å²) < 4.78 is 0. The molecular formula is C48H54N6. The third-order valence-corrected chi connectivity index (χ3v) is 10.3. The minimum Gasteiger partial charge on any atom is -0.349 e. The Morgan fingerprint density at radius 2 is 1.39 bits per heavy atom. The molecule has 0 radical (unpaired) electrons. The van der Waals surface area contributed by atoms with Gasteiger partial charge in [-0.1, -0.05) is 119 Å². The molecular weight excluding hydrogens is 661 g/mol. The number of likely N-dealkylation sites (N-methyl/N-ethyl adjacent to an activating group) is 1. The fourth-order valence-electron chi connectivity index (χ4n) is 7.04. The molecule has 0 amide bonds. The topological polar surface area (TPSA) is 66.0 Å². The van der Waals surface area contributed by atoms with Crippen LogP contribution in [0.4, 0.5) is 0 Å². The van der Waals surface area contributed by atoms with E-state index in [1.165, 1.54) is 22.3 Å². The first-order valence-corrected chi connectivity index (χ1v) is 18.7. The van der Waals surface area contributed by atoms with Crippen LogP contribution in [0.25, 0.3) is 34.2 Å². The third kappa shape index (κ3) is 8.55. The van der Waals surface area contributed by atoms with Gasteiger partial charge in [-0.25, -0.2) is 15.0 Å². The number of nitrogens with zero attached hydrogens (tertiary/aromatic N) is 4. The normalized spacial score (nSPS) is 15.8. The van der Waals surface area contributed by atoms with Gasteiger partial charge in [0.2, 0.25) is 0 Å². The highest BCUT2D eigenvalue weighted by Crippen LogP contribution is 2.33. The molecule has 4 aromatic rings. The molecule has 54 heavy (non-hydrogen) atoms. The van der Waals surface area contributed by atoms with Crippen molar-refractivity contribution >= 4 is 0 Å². The largest absolute Gasteiger partial charge is 0.349 e. The van der Waals surface area contributed by atoms with Crippen LogP contribution >= 0.6 is 0 Å². The summed E-state index contributed by atoms with van der Waals surface area (Å²) in [6, 6.07) is 19.7. The predicted molar refractivity (Wildman–Crippen MR) is 226 cm³/mol. The Morgan fingerprint density at radius 3 is 1.91 bits per heavy atom. The molecule has 1 aromatic heterocycles. The van der Waals surface area contributed by atoms with Crippen LogP contribution in [-0.2, 0) is 11.8 Å². The van der Waals surface area contributed by atoms with E-state index in [1.54, 1.807) is 0 Å². The number of aryl methyl sites for hydroxylation is 5. The molecule has 1 unspecified atom stereocenters. The number of hydrogen-bond acceptors (Lipinski definition) is 6. The van der Waals surface area contributed by atoms with Crippen molar-refractivity contribution in [1.82, 2.24) is 30.5 Å². The molecule has 1 aliphatic carbocycles. The average Bonchev–Trinajstić information content (AvgIpc) is 3.11. The van der Waals surface area contributed by atoms with E-state index in [-0.39, 0.29) is 11.3 Å². The molecule has 2 heterocycles. The van der Waals surface area contributed by atoms with Crippen molar-refractivity contribution in [2.45, 2.75) is 73.1 Å². The predicted octanol–water partition coefficient (Wildman–Crippen LogP) is 10.9. The van der Waals surface area contributed by atoms with Gasteiger partial charge < -0.3 is 15.5 Å². The van der Waals surface area contributed by atoms with Crippen LogP contribution in [0.2, 0.25) is 0 Å². The van der Waals surface area contributed by atoms with Gasteiger partial charge in [-0.2, -0.15) is 0 Å². The van der Waals surface area contributed by atoms with Crippen molar-refractivity contribution in [3.63, 3.8) is 0 Å². The summed E-state index contributed by atoms with van der Waals surface area (Å²) in [6.07, 6.45) is 11.4. The highest BCUT2D eigenvalue weighted by Gasteiger charge is 2.21. The van der Waals surface area contributed by atoms with Gasteiger partial charge in [0.05, 0.1) is 0 Å². The lowest BCUT2D eigenvalue weighted by atomic mass is 9.84. The molecule has 3 aromatic carbocycles. The fourth-order valence-corrected chi connectivity index (χ4v) is 7.04. The zero-order valence-electron chi connectivity index (χ0n) is 33.3.